The molecule has 2 saturated heterocycles. The van der Waals surface area contributed by atoms with Gasteiger partial charge >= 0.3 is 0 Å². The number of piperazine rings is 1. The molecule has 2 aromatic carbocycles. The molecule has 2 fully saturated rings. The molecule has 0 radical (unpaired) electrons. The molecule has 2 aliphatic rings. The van der Waals surface area contributed by atoms with E-state index in [1.54, 1.807) is 0 Å². The van der Waals surface area contributed by atoms with Crippen LogP contribution in [-0.4, -0.2) is 61.6 Å². The van der Waals surface area contributed by atoms with Crippen molar-refractivity contribution in [3.8, 4) is 5.75 Å². The quantitative estimate of drug-likeness (QED) is 0.732. The highest BCUT2D eigenvalue weighted by Gasteiger charge is 2.30. The Bertz CT molecular complexity index is 810. The zero-order valence-electron chi connectivity index (χ0n) is 18.0. The van der Waals surface area contributed by atoms with E-state index in [2.05, 4.69) is 57.2 Å². The number of carbonyl (C=O) groups is 1. The van der Waals surface area contributed by atoms with E-state index in [9.17, 15) is 4.79 Å². The number of nitrogens with zero attached hydrogens (tertiary/aromatic N) is 3. The lowest BCUT2D eigenvalue weighted by atomic mass is 9.94. The van der Waals surface area contributed by atoms with Crippen molar-refractivity contribution in [2.75, 3.05) is 50.8 Å². The van der Waals surface area contributed by atoms with Gasteiger partial charge in [0.05, 0.1) is 6.61 Å². The summed E-state index contributed by atoms with van der Waals surface area (Å²) in [5, 5.41) is 0. The van der Waals surface area contributed by atoms with Gasteiger partial charge in [-0.25, -0.2) is 0 Å². The summed E-state index contributed by atoms with van der Waals surface area (Å²) in [7, 11) is 0. The first-order valence-corrected chi connectivity index (χ1v) is 11.3. The number of para-hydroxylation sites is 1. The fourth-order valence-electron chi connectivity index (χ4n) is 4.58. The predicted molar refractivity (Wildman–Crippen MR) is 121 cm³/mol. The van der Waals surface area contributed by atoms with E-state index in [-0.39, 0.29) is 5.92 Å². The maximum absolute atomic E-state index is 13.1. The van der Waals surface area contributed by atoms with Crippen LogP contribution >= 0.6 is 0 Å². The second kappa shape index (κ2) is 9.98. The van der Waals surface area contributed by atoms with Gasteiger partial charge in [-0.05, 0) is 62.7 Å². The van der Waals surface area contributed by atoms with E-state index < -0.39 is 0 Å². The number of likely N-dealkylation sites (tertiary alicyclic amines) is 1. The van der Waals surface area contributed by atoms with Crippen LogP contribution < -0.4 is 9.64 Å². The molecule has 0 N–H and O–H groups in total. The number of hydrogen-bond donors (Lipinski definition) is 0. The van der Waals surface area contributed by atoms with Crippen molar-refractivity contribution >= 4 is 11.6 Å². The molecule has 2 aromatic rings. The average molecular weight is 408 g/mol. The molecule has 4 rings (SSSR count). The zero-order chi connectivity index (χ0) is 20.8. The standard InChI is InChI=1S/C25H33N3O2/c1-2-30-24-10-6-7-21(19-24)20-26-13-11-22(12-14-26)25(29)28-17-15-27(16-18-28)23-8-4-3-5-9-23/h3-10,19,22H,2,11-18,20H2,1H3. The number of anilines is 1. The highest BCUT2D eigenvalue weighted by Crippen LogP contribution is 2.24. The number of ether oxygens (including phenoxy) is 1. The maximum Gasteiger partial charge on any atom is 0.225 e. The number of amides is 1. The summed E-state index contributed by atoms with van der Waals surface area (Å²) in [6.07, 6.45) is 1.92. The molecule has 0 spiro atoms. The fourth-order valence-corrected chi connectivity index (χ4v) is 4.58. The highest BCUT2D eigenvalue weighted by atomic mass is 16.5. The minimum atomic E-state index is 0.180. The fraction of sp³-hybridized carbons (Fsp3) is 0.480. The third-order valence-electron chi connectivity index (χ3n) is 6.27. The molecule has 5 nitrogen and oxygen atoms in total. The zero-order valence-corrected chi connectivity index (χ0v) is 18.0. The minimum Gasteiger partial charge on any atom is -0.494 e. The third-order valence-corrected chi connectivity index (χ3v) is 6.27. The van der Waals surface area contributed by atoms with Crippen LogP contribution in [0.5, 0.6) is 5.75 Å². The van der Waals surface area contributed by atoms with Gasteiger partial charge in [0.2, 0.25) is 5.91 Å². The minimum absolute atomic E-state index is 0.180. The maximum atomic E-state index is 13.1. The van der Waals surface area contributed by atoms with Crippen LogP contribution in [0.1, 0.15) is 25.3 Å². The van der Waals surface area contributed by atoms with E-state index in [4.69, 9.17) is 4.74 Å². The molecule has 0 bridgehead atoms. The van der Waals surface area contributed by atoms with Crippen molar-refractivity contribution in [3.05, 3.63) is 60.2 Å². The first-order chi connectivity index (χ1) is 14.7. The Morgan fingerprint density at radius 3 is 2.37 bits per heavy atom. The molecule has 0 saturated carbocycles. The van der Waals surface area contributed by atoms with Gasteiger partial charge in [0.1, 0.15) is 5.75 Å². The van der Waals surface area contributed by atoms with E-state index >= 15 is 0 Å². The molecule has 160 valence electrons. The van der Waals surface area contributed by atoms with Crippen molar-refractivity contribution in [3.63, 3.8) is 0 Å². The lowest BCUT2D eigenvalue weighted by molar-refractivity contribution is -0.137. The predicted octanol–water partition coefficient (Wildman–Crippen LogP) is 3.65. The summed E-state index contributed by atoms with van der Waals surface area (Å²) in [6, 6.07) is 18.9. The molecule has 30 heavy (non-hydrogen) atoms. The summed E-state index contributed by atoms with van der Waals surface area (Å²) in [6.45, 7) is 9.11. The Labute approximate surface area is 180 Å². The van der Waals surface area contributed by atoms with Crippen molar-refractivity contribution in [1.29, 1.82) is 0 Å². The summed E-state index contributed by atoms with van der Waals surface area (Å²) in [4.78, 5) is 20.0. The van der Waals surface area contributed by atoms with Gasteiger partial charge < -0.3 is 14.5 Å². The lowest BCUT2D eigenvalue weighted by Gasteiger charge is -2.39. The molecule has 0 aliphatic carbocycles. The van der Waals surface area contributed by atoms with Crippen molar-refractivity contribution < 1.29 is 9.53 Å². The molecular formula is C25H33N3O2. The molecular weight excluding hydrogens is 374 g/mol. The molecule has 2 aliphatic heterocycles. The summed E-state index contributed by atoms with van der Waals surface area (Å²) < 4.78 is 5.61. The van der Waals surface area contributed by atoms with Gasteiger partial charge in [-0.1, -0.05) is 30.3 Å². The molecule has 0 atom stereocenters. The van der Waals surface area contributed by atoms with E-state index in [0.717, 1.165) is 64.4 Å². The van der Waals surface area contributed by atoms with Crippen LogP contribution in [0.2, 0.25) is 0 Å². The average Bonchev–Trinajstić information content (AvgIpc) is 2.80. The summed E-state index contributed by atoms with van der Waals surface area (Å²) in [5.41, 5.74) is 2.54. The SMILES string of the molecule is CCOc1cccc(CN2CCC(C(=O)N3CCN(c4ccccc4)CC3)CC2)c1. The van der Waals surface area contributed by atoms with Gasteiger partial charge in [-0.3, -0.25) is 9.69 Å². The van der Waals surface area contributed by atoms with Crippen molar-refractivity contribution in [2.45, 2.75) is 26.3 Å². The molecule has 2 heterocycles. The Kier molecular flexibility index (Phi) is 6.90. The van der Waals surface area contributed by atoms with Crippen LogP contribution in [-0.2, 0) is 11.3 Å². The number of rotatable bonds is 6. The van der Waals surface area contributed by atoms with Crippen LogP contribution in [0.25, 0.3) is 0 Å². The van der Waals surface area contributed by atoms with Gasteiger partial charge in [0, 0.05) is 44.3 Å². The third kappa shape index (κ3) is 5.14. The second-order valence-corrected chi connectivity index (χ2v) is 8.28. The monoisotopic (exact) mass is 407 g/mol. The Hall–Kier alpha value is -2.53. The second-order valence-electron chi connectivity index (χ2n) is 8.28. The Morgan fingerprint density at radius 1 is 0.933 bits per heavy atom. The van der Waals surface area contributed by atoms with E-state index in [0.29, 0.717) is 12.5 Å². The van der Waals surface area contributed by atoms with Crippen molar-refractivity contribution in [2.24, 2.45) is 5.92 Å². The summed E-state index contributed by atoms with van der Waals surface area (Å²) in [5.74, 6) is 1.48. The Balaban J connectivity index is 1.23. The number of benzene rings is 2. The number of hydrogen-bond acceptors (Lipinski definition) is 4. The van der Waals surface area contributed by atoms with Crippen LogP contribution in [0.4, 0.5) is 5.69 Å². The van der Waals surface area contributed by atoms with Crippen LogP contribution in [0.15, 0.2) is 54.6 Å². The normalized spacial score (nSPS) is 18.4. The van der Waals surface area contributed by atoms with Crippen LogP contribution in [0, 0.1) is 5.92 Å². The van der Waals surface area contributed by atoms with Crippen molar-refractivity contribution in [1.82, 2.24) is 9.80 Å². The first kappa shape index (κ1) is 20.7. The summed E-state index contributed by atoms with van der Waals surface area (Å²) >= 11 is 0. The molecule has 1 amide bonds. The highest BCUT2D eigenvalue weighted by molar-refractivity contribution is 5.79. The van der Waals surface area contributed by atoms with Gasteiger partial charge in [-0.2, -0.15) is 0 Å². The van der Waals surface area contributed by atoms with Gasteiger partial charge in [0.15, 0.2) is 0 Å². The smallest absolute Gasteiger partial charge is 0.225 e. The van der Waals surface area contributed by atoms with Gasteiger partial charge in [-0.15, -0.1) is 0 Å². The number of carbonyl (C=O) groups excluding carboxylic acids is 1. The molecule has 5 heteroatoms. The largest absolute Gasteiger partial charge is 0.494 e. The Morgan fingerprint density at radius 2 is 1.67 bits per heavy atom. The molecule has 0 aromatic heterocycles. The first-order valence-electron chi connectivity index (χ1n) is 11.3. The molecule has 0 unspecified atom stereocenters. The van der Waals surface area contributed by atoms with Crippen LogP contribution in [0.3, 0.4) is 0 Å². The van der Waals surface area contributed by atoms with E-state index in [1.807, 2.05) is 19.1 Å². The van der Waals surface area contributed by atoms with Gasteiger partial charge in [0.25, 0.3) is 0 Å². The lowest BCUT2D eigenvalue weighted by Crippen LogP contribution is -2.51. The van der Waals surface area contributed by atoms with E-state index in [1.165, 1.54) is 11.3 Å². The topological polar surface area (TPSA) is 36.0 Å². The number of piperidine rings is 1.